The summed E-state index contributed by atoms with van der Waals surface area (Å²) in [5.41, 5.74) is 2.16. The number of nitrogens with one attached hydrogen (secondary N) is 1. The minimum absolute atomic E-state index is 0.195. The number of aromatic amines is 1. The Kier molecular flexibility index (Phi) is 4.15. The van der Waals surface area contributed by atoms with Crippen molar-refractivity contribution in [2.45, 2.75) is 12.8 Å². The van der Waals surface area contributed by atoms with E-state index in [2.05, 4.69) is 20.6 Å². The van der Waals surface area contributed by atoms with Gasteiger partial charge >= 0.3 is 5.97 Å². The second-order valence-electron chi connectivity index (χ2n) is 5.33. The van der Waals surface area contributed by atoms with Crippen molar-refractivity contribution in [2.75, 3.05) is 0 Å². The number of rotatable bonds is 5. The molecule has 1 aromatic heterocycles. The quantitative estimate of drug-likeness (QED) is 0.698. The molecule has 0 bridgehead atoms. The number of carbonyl (C=O) groups excluding carboxylic acids is 1. The monoisotopic (exact) mass is 322 g/mol. The lowest BCUT2D eigenvalue weighted by atomic mass is 9.95. The van der Waals surface area contributed by atoms with E-state index in [-0.39, 0.29) is 5.78 Å². The van der Waals surface area contributed by atoms with Gasteiger partial charge in [-0.15, -0.1) is 10.2 Å². The summed E-state index contributed by atoms with van der Waals surface area (Å²) in [6, 6.07) is 13.6. The predicted molar refractivity (Wildman–Crippen MR) is 85.5 cm³/mol. The molecule has 0 fully saturated rings. The average molecular weight is 322 g/mol. The summed E-state index contributed by atoms with van der Waals surface area (Å²) in [6.07, 6.45) is 0. The molecule has 24 heavy (non-hydrogen) atoms. The van der Waals surface area contributed by atoms with Gasteiger partial charge in [0.25, 0.3) is 0 Å². The molecule has 2 N–H and O–H groups in total. The Balaban J connectivity index is 1.94. The molecule has 0 spiro atoms. The molecule has 7 nitrogen and oxygen atoms in total. The maximum Gasteiger partial charge on any atom is 0.310 e. The minimum Gasteiger partial charge on any atom is -0.481 e. The van der Waals surface area contributed by atoms with E-state index >= 15 is 0 Å². The fourth-order valence-electron chi connectivity index (χ4n) is 2.34. The van der Waals surface area contributed by atoms with Crippen molar-refractivity contribution in [1.29, 1.82) is 0 Å². The number of hydrogen-bond acceptors (Lipinski definition) is 5. The molecule has 1 atom stereocenters. The van der Waals surface area contributed by atoms with Crippen molar-refractivity contribution in [2.24, 2.45) is 0 Å². The maximum absolute atomic E-state index is 12.7. The highest BCUT2D eigenvalue weighted by molar-refractivity contribution is 6.09. The second kappa shape index (κ2) is 6.41. The molecule has 3 rings (SSSR count). The Morgan fingerprint density at radius 1 is 1.08 bits per heavy atom. The number of hydrogen-bond donors (Lipinski definition) is 2. The van der Waals surface area contributed by atoms with E-state index < -0.39 is 11.9 Å². The second-order valence-corrected chi connectivity index (χ2v) is 5.33. The predicted octanol–water partition coefficient (Wildman–Crippen LogP) is 2.29. The summed E-state index contributed by atoms with van der Waals surface area (Å²) in [5, 5.41) is 22.8. The van der Waals surface area contributed by atoms with E-state index in [9.17, 15) is 9.59 Å². The van der Waals surface area contributed by atoms with Gasteiger partial charge in [0.05, 0.1) is 5.92 Å². The molecule has 1 heterocycles. The summed E-state index contributed by atoms with van der Waals surface area (Å²) in [5.74, 6) is -1.40. The van der Waals surface area contributed by atoms with Gasteiger partial charge in [-0.1, -0.05) is 36.4 Å². The van der Waals surface area contributed by atoms with Crippen LogP contribution >= 0.6 is 0 Å². The highest BCUT2D eigenvalue weighted by Crippen LogP contribution is 2.21. The van der Waals surface area contributed by atoms with Crippen molar-refractivity contribution in [3.05, 3.63) is 65.2 Å². The molecule has 120 valence electrons. The van der Waals surface area contributed by atoms with Crippen LogP contribution in [0.5, 0.6) is 0 Å². The lowest BCUT2D eigenvalue weighted by molar-refractivity contribution is -0.138. The van der Waals surface area contributed by atoms with Gasteiger partial charge in [-0.05, 0) is 29.8 Å². The van der Waals surface area contributed by atoms with Crippen LogP contribution in [0.2, 0.25) is 0 Å². The van der Waals surface area contributed by atoms with Crippen molar-refractivity contribution in [1.82, 2.24) is 20.6 Å². The number of carbonyl (C=O) groups is 2. The van der Waals surface area contributed by atoms with Crippen LogP contribution < -0.4 is 0 Å². The third-order valence-corrected chi connectivity index (χ3v) is 3.75. The van der Waals surface area contributed by atoms with Crippen LogP contribution in [0, 0.1) is 0 Å². The molecule has 0 aliphatic rings. The van der Waals surface area contributed by atoms with Crippen LogP contribution in [-0.4, -0.2) is 37.5 Å². The van der Waals surface area contributed by atoms with E-state index in [1.54, 1.807) is 55.5 Å². The van der Waals surface area contributed by atoms with E-state index in [0.717, 1.165) is 0 Å². The van der Waals surface area contributed by atoms with Gasteiger partial charge in [-0.25, -0.2) is 0 Å². The number of carboxylic acid groups (broad SMARTS) is 1. The normalized spacial score (nSPS) is 11.9. The van der Waals surface area contributed by atoms with Crippen molar-refractivity contribution in [3.8, 4) is 11.4 Å². The van der Waals surface area contributed by atoms with Gasteiger partial charge in [0.2, 0.25) is 5.82 Å². The molecule has 3 aromatic rings. The highest BCUT2D eigenvalue weighted by atomic mass is 16.4. The first-order chi connectivity index (χ1) is 11.6. The molecule has 0 saturated heterocycles. The first-order valence-corrected chi connectivity index (χ1v) is 7.27. The van der Waals surface area contributed by atoms with Gasteiger partial charge in [-0.2, -0.15) is 5.21 Å². The first-order valence-electron chi connectivity index (χ1n) is 7.27. The molecular formula is C17H14N4O3. The third kappa shape index (κ3) is 3.05. The number of nitrogens with zero attached hydrogens (tertiary/aromatic N) is 3. The molecule has 0 aliphatic heterocycles. The van der Waals surface area contributed by atoms with Crippen molar-refractivity contribution >= 4 is 11.8 Å². The topological polar surface area (TPSA) is 109 Å². The zero-order valence-electron chi connectivity index (χ0n) is 12.8. The third-order valence-electron chi connectivity index (χ3n) is 3.75. The number of H-pyrrole nitrogens is 1. The highest BCUT2D eigenvalue weighted by Gasteiger charge is 2.17. The SMILES string of the molecule is CC(C(=O)O)c1cccc(C(=O)c2cccc(-c3nn[nH]n3)c2)c1. The first kappa shape index (κ1) is 15.5. The van der Waals surface area contributed by atoms with E-state index in [1.165, 1.54) is 0 Å². The van der Waals surface area contributed by atoms with Gasteiger partial charge < -0.3 is 5.11 Å². The van der Waals surface area contributed by atoms with Crippen molar-refractivity contribution < 1.29 is 14.7 Å². The molecule has 0 amide bonds. The van der Waals surface area contributed by atoms with Crippen LogP contribution in [0.3, 0.4) is 0 Å². The Morgan fingerprint density at radius 3 is 2.46 bits per heavy atom. The standard InChI is InChI=1S/C17H14N4O3/c1-10(17(23)24)11-4-2-5-12(8-11)15(22)13-6-3-7-14(9-13)16-18-20-21-19-16/h2-10H,1H3,(H,23,24)(H,18,19,20,21). The molecule has 7 heteroatoms. The smallest absolute Gasteiger partial charge is 0.310 e. The summed E-state index contributed by atoms with van der Waals surface area (Å²) in [7, 11) is 0. The van der Waals surface area contributed by atoms with Crippen LogP contribution in [0.4, 0.5) is 0 Å². The Bertz CT molecular complexity index is 890. The Hall–Kier alpha value is -3.35. The van der Waals surface area contributed by atoms with Gasteiger partial charge in [0.15, 0.2) is 5.78 Å². The molecule has 0 saturated carbocycles. The molecule has 0 radical (unpaired) electrons. The largest absolute Gasteiger partial charge is 0.481 e. The molecule has 2 aromatic carbocycles. The Labute approximate surface area is 137 Å². The summed E-state index contributed by atoms with van der Waals surface area (Å²) < 4.78 is 0. The fourth-order valence-corrected chi connectivity index (χ4v) is 2.34. The fraction of sp³-hybridized carbons (Fsp3) is 0.118. The number of tetrazole rings is 1. The van der Waals surface area contributed by atoms with Crippen LogP contribution in [0.15, 0.2) is 48.5 Å². The summed E-state index contributed by atoms with van der Waals surface area (Å²) in [4.78, 5) is 23.8. The van der Waals surface area contributed by atoms with Crippen LogP contribution in [-0.2, 0) is 4.79 Å². The summed E-state index contributed by atoms with van der Waals surface area (Å²) in [6.45, 7) is 1.59. The van der Waals surface area contributed by atoms with E-state index in [4.69, 9.17) is 5.11 Å². The van der Waals surface area contributed by atoms with Gasteiger partial charge in [0, 0.05) is 16.7 Å². The number of aliphatic carboxylic acids is 1. The average Bonchev–Trinajstić information content (AvgIpc) is 3.15. The molecule has 0 aliphatic carbocycles. The lowest BCUT2D eigenvalue weighted by Gasteiger charge is -2.09. The van der Waals surface area contributed by atoms with Gasteiger partial charge in [-0.3, -0.25) is 9.59 Å². The van der Waals surface area contributed by atoms with E-state index in [1.807, 2.05) is 0 Å². The minimum atomic E-state index is -0.932. The van der Waals surface area contributed by atoms with Crippen LogP contribution in [0.25, 0.3) is 11.4 Å². The van der Waals surface area contributed by atoms with Crippen LogP contribution in [0.1, 0.15) is 34.3 Å². The maximum atomic E-state index is 12.7. The number of aromatic nitrogens is 4. The Morgan fingerprint density at radius 2 is 1.79 bits per heavy atom. The zero-order chi connectivity index (χ0) is 17.1. The lowest BCUT2D eigenvalue weighted by Crippen LogP contribution is -2.09. The molecular weight excluding hydrogens is 308 g/mol. The van der Waals surface area contributed by atoms with Gasteiger partial charge in [0.1, 0.15) is 0 Å². The number of carboxylic acids is 1. The molecule has 1 unspecified atom stereocenters. The summed E-state index contributed by atoms with van der Waals surface area (Å²) >= 11 is 0. The van der Waals surface area contributed by atoms with Crippen molar-refractivity contribution in [3.63, 3.8) is 0 Å². The number of ketones is 1. The van der Waals surface area contributed by atoms with E-state index in [0.29, 0.717) is 28.1 Å². The number of benzene rings is 2. The zero-order valence-corrected chi connectivity index (χ0v) is 12.8.